The van der Waals surface area contributed by atoms with Crippen LogP contribution in [0, 0.1) is 5.82 Å². The summed E-state index contributed by atoms with van der Waals surface area (Å²) in [6.45, 7) is 3.18. The summed E-state index contributed by atoms with van der Waals surface area (Å²) >= 11 is 1.72. The van der Waals surface area contributed by atoms with Crippen LogP contribution in [0.2, 0.25) is 0 Å². The van der Waals surface area contributed by atoms with Crippen LogP contribution in [-0.4, -0.2) is 29.1 Å². The Kier molecular flexibility index (Phi) is 5.44. The topological polar surface area (TPSA) is 49.3 Å². The van der Waals surface area contributed by atoms with Gasteiger partial charge in [0.15, 0.2) is 0 Å². The van der Waals surface area contributed by atoms with Crippen LogP contribution in [0.5, 0.6) is 0 Å². The van der Waals surface area contributed by atoms with E-state index in [0.29, 0.717) is 17.4 Å². The minimum absolute atomic E-state index is 0.112. The molecule has 0 radical (unpaired) electrons. The Labute approximate surface area is 104 Å². The van der Waals surface area contributed by atoms with E-state index in [0.717, 1.165) is 6.54 Å². The van der Waals surface area contributed by atoms with Gasteiger partial charge in [-0.2, -0.15) is 11.8 Å². The number of carboxylic acid groups (broad SMARTS) is 1. The molecule has 0 fully saturated rings. The minimum Gasteiger partial charge on any atom is -0.478 e. The Bertz CT molecular complexity index is 398. The van der Waals surface area contributed by atoms with E-state index in [2.05, 4.69) is 12.2 Å². The normalized spacial score (nSPS) is 12.4. The minimum atomic E-state index is -1.04. The average molecular weight is 257 g/mol. The quantitative estimate of drug-likeness (QED) is 0.821. The highest BCUT2D eigenvalue weighted by molar-refractivity contribution is 7.99. The third kappa shape index (κ3) is 4.36. The largest absolute Gasteiger partial charge is 0.478 e. The van der Waals surface area contributed by atoms with Gasteiger partial charge >= 0.3 is 5.97 Å². The number of hydrogen-bond acceptors (Lipinski definition) is 3. The summed E-state index contributed by atoms with van der Waals surface area (Å²) in [6.07, 6.45) is 2.01. The zero-order valence-corrected chi connectivity index (χ0v) is 10.7. The van der Waals surface area contributed by atoms with Crippen LogP contribution < -0.4 is 5.32 Å². The van der Waals surface area contributed by atoms with Crippen molar-refractivity contribution in [2.45, 2.75) is 18.7 Å². The first kappa shape index (κ1) is 14.0. The maximum absolute atomic E-state index is 13.4. The third-order valence-electron chi connectivity index (χ3n) is 2.44. The van der Waals surface area contributed by atoms with Crippen molar-refractivity contribution in [1.82, 2.24) is 5.32 Å². The summed E-state index contributed by atoms with van der Waals surface area (Å²) in [7, 11) is 0. The highest BCUT2D eigenvalue weighted by atomic mass is 32.2. The molecule has 1 aromatic rings. The van der Waals surface area contributed by atoms with Gasteiger partial charge in [0.2, 0.25) is 0 Å². The Hall–Kier alpha value is -1.07. The van der Waals surface area contributed by atoms with E-state index in [1.165, 1.54) is 18.2 Å². The Morgan fingerprint density at radius 3 is 2.88 bits per heavy atom. The fraction of sp³-hybridized carbons (Fsp3) is 0.417. The average Bonchev–Trinajstić information content (AvgIpc) is 2.30. The molecule has 94 valence electrons. The van der Waals surface area contributed by atoms with Crippen molar-refractivity contribution in [3.63, 3.8) is 0 Å². The van der Waals surface area contributed by atoms with E-state index in [1.54, 1.807) is 11.8 Å². The number of aromatic carboxylic acids is 1. The molecule has 17 heavy (non-hydrogen) atoms. The number of nitrogens with one attached hydrogen (secondary N) is 1. The van der Waals surface area contributed by atoms with Crippen LogP contribution in [0.25, 0.3) is 0 Å². The molecule has 0 aliphatic carbocycles. The summed E-state index contributed by atoms with van der Waals surface area (Å²) in [5.41, 5.74) is 0.499. The second-order valence-electron chi connectivity index (χ2n) is 3.79. The van der Waals surface area contributed by atoms with Crippen LogP contribution in [0.1, 0.15) is 22.8 Å². The summed E-state index contributed by atoms with van der Waals surface area (Å²) < 4.78 is 13.4. The van der Waals surface area contributed by atoms with E-state index in [4.69, 9.17) is 5.11 Å². The summed E-state index contributed by atoms with van der Waals surface area (Å²) in [4.78, 5) is 10.7. The molecule has 0 aliphatic rings. The van der Waals surface area contributed by atoms with Gasteiger partial charge in [0.25, 0.3) is 0 Å². The number of rotatable bonds is 6. The van der Waals surface area contributed by atoms with Crippen LogP contribution in [0.15, 0.2) is 18.2 Å². The molecule has 1 rings (SSSR count). The SMILES string of the molecule is CSC(C)CNCc1cc(C(=O)O)ccc1F. The number of carboxylic acids is 1. The highest BCUT2D eigenvalue weighted by Gasteiger charge is 2.08. The summed E-state index contributed by atoms with van der Waals surface area (Å²) in [6, 6.07) is 3.83. The van der Waals surface area contributed by atoms with Crippen molar-refractivity contribution in [1.29, 1.82) is 0 Å². The number of thioether (sulfide) groups is 1. The molecule has 0 saturated carbocycles. The van der Waals surface area contributed by atoms with E-state index in [9.17, 15) is 9.18 Å². The van der Waals surface area contributed by atoms with Crippen molar-refractivity contribution in [2.75, 3.05) is 12.8 Å². The fourth-order valence-electron chi connectivity index (χ4n) is 1.34. The highest BCUT2D eigenvalue weighted by Crippen LogP contribution is 2.11. The van der Waals surface area contributed by atoms with Gasteiger partial charge in [-0.1, -0.05) is 6.92 Å². The van der Waals surface area contributed by atoms with Crippen LogP contribution in [-0.2, 0) is 6.54 Å². The van der Waals surface area contributed by atoms with Crippen molar-refractivity contribution < 1.29 is 14.3 Å². The van der Waals surface area contributed by atoms with Crippen molar-refractivity contribution >= 4 is 17.7 Å². The second kappa shape index (κ2) is 6.61. The molecule has 0 saturated heterocycles. The molecule has 0 spiro atoms. The molecular weight excluding hydrogens is 241 g/mol. The lowest BCUT2D eigenvalue weighted by Gasteiger charge is -2.10. The van der Waals surface area contributed by atoms with Crippen molar-refractivity contribution in [3.8, 4) is 0 Å². The number of benzene rings is 1. The van der Waals surface area contributed by atoms with Gasteiger partial charge in [0.1, 0.15) is 5.82 Å². The van der Waals surface area contributed by atoms with Gasteiger partial charge < -0.3 is 10.4 Å². The van der Waals surface area contributed by atoms with Crippen LogP contribution in [0.3, 0.4) is 0 Å². The van der Waals surface area contributed by atoms with Gasteiger partial charge in [-0.25, -0.2) is 9.18 Å². The zero-order valence-electron chi connectivity index (χ0n) is 9.87. The lowest BCUT2D eigenvalue weighted by atomic mass is 10.1. The lowest BCUT2D eigenvalue weighted by molar-refractivity contribution is 0.0696. The smallest absolute Gasteiger partial charge is 0.335 e. The van der Waals surface area contributed by atoms with E-state index >= 15 is 0 Å². The maximum atomic E-state index is 13.4. The molecule has 1 atom stereocenters. The van der Waals surface area contributed by atoms with Crippen molar-refractivity contribution in [2.24, 2.45) is 0 Å². The van der Waals surface area contributed by atoms with Gasteiger partial charge in [-0.3, -0.25) is 0 Å². The monoisotopic (exact) mass is 257 g/mol. The summed E-state index contributed by atoms with van der Waals surface area (Å²) in [5, 5.41) is 12.4. The lowest BCUT2D eigenvalue weighted by Crippen LogP contribution is -2.22. The van der Waals surface area contributed by atoms with Gasteiger partial charge in [-0.15, -0.1) is 0 Å². The molecule has 5 heteroatoms. The Morgan fingerprint density at radius 1 is 1.59 bits per heavy atom. The zero-order chi connectivity index (χ0) is 12.8. The predicted octanol–water partition coefficient (Wildman–Crippen LogP) is 2.37. The third-order valence-corrected chi connectivity index (χ3v) is 3.41. The molecule has 2 N–H and O–H groups in total. The molecular formula is C12H16FNO2S. The fourth-order valence-corrected chi connectivity index (χ4v) is 1.62. The van der Waals surface area contributed by atoms with Crippen molar-refractivity contribution in [3.05, 3.63) is 35.1 Å². The molecule has 3 nitrogen and oxygen atoms in total. The number of halogens is 1. The van der Waals surface area contributed by atoms with Gasteiger partial charge in [0, 0.05) is 23.9 Å². The Balaban J connectivity index is 2.63. The van der Waals surface area contributed by atoms with Gasteiger partial charge in [-0.05, 0) is 24.5 Å². The van der Waals surface area contributed by atoms with E-state index in [1.807, 2.05) is 6.26 Å². The number of hydrogen-bond donors (Lipinski definition) is 2. The van der Waals surface area contributed by atoms with E-state index in [-0.39, 0.29) is 11.4 Å². The van der Waals surface area contributed by atoms with Crippen LogP contribution >= 0.6 is 11.8 Å². The number of carbonyl (C=O) groups is 1. The van der Waals surface area contributed by atoms with E-state index < -0.39 is 5.97 Å². The standard InChI is InChI=1S/C12H16FNO2S/c1-8(17-2)6-14-7-10-5-9(12(15)16)3-4-11(10)13/h3-5,8,14H,6-7H2,1-2H3,(H,15,16). The first-order valence-corrected chi connectivity index (χ1v) is 6.58. The molecule has 0 amide bonds. The first-order chi connectivity index (χ1) is 8.04. The molecule has 0 aromatic heterocycles. The summed E-state index contributed by atoms with van der Waals surface area (Å²) in [5.74, 6) is -1.41. The Morgan fingerprint density at radius 2 is 2.29 bits per heavy atom. The molecule has 0 aliphatic heterocycles. The maximum Gasteiger partial charge on any atom is 0.335 e. The predicted molar refractivity (Wildman–Crippen MR) is 68.0 cm³/mol. The molecule has 0 bridgehead atoms. The molecule has 1 unspecified atom stereocenters. The molecule has 0 heterocycles. The first-order valence-electron chi connectivity index (χ1n) is 5.29. The van der Waals surface area contributed by atoms with Crippen LogP contribution in [0.4, 0.5) is 4.39 Å². The second-order valence-corrected chi connectivity index (χ2v) is 5.06. The molecule has 1 aromatic carbocycles. The van der Waals surface area contributed by atoms with Gasteiger partial charge in [0.05, 0.1) is 5.56 Å².